The van der Waals surface area contributed by atoms with Crippen LogP contribution in [0.3, 0.4) is 0 Å². The van der Waals surface area contributed by atoms with Crippen LogP contribution >= 0.6 is 0 Å². The Morgan fingerprint density at radius 3 is 2.89 bits per heavy atom. The van der Waals surface area contributed by atoms with E-state index >= 15 is 0 Å². The molecule has 0 aromatic heterocycles. The number of benzene rings is 1. The fraction of sp³-hybridized carbons (Fsp3) is 0.562. The van der Waals surface area contributed by atoms with Crippen LogP contribution in [0.1, 0.15) is 50.5 Å². The van der Waals surface area contributed by atoms with Crippen LogP contribution in [0.4, 0.5) is 5.69 Å². The van der Waals surface area contributed by atoms with Crippen LogP contribution in [-0.2, 0) is 4.79 Å². The van der Waals surface area contributed by atoms with Crippen LogP contribution < -0.4 is 10.6 Å². The highest BCUT2D eigenvalue weighted by atomic mass is 16.2. The lowest BCUT2D eigenvalue weighted by Gasteiger charge is -2.43. The van der Waals surface area contributed by atoms with Crippen molar-refractivity contribution in [2.24, 2.45) is 0 Å². The van der Waals surface area contributed by atoms with Crippen LogP contribution in [0, 0.1) is 0 Å². The predicted molar refractivity (Wildman–Crippen MR) is 77.3 cm³/mol. The zero-order valence-corrected chi connectivity index (χ0v) is 11.5. The Hall–Kier alpha value is -1.51. The average Bonchev–Trinajstić information content (AvgIpc) is 2.42. The quantitative estimate of drug-likeness (QED) is 0.875. The van der Waals surface area contributed by atoms with Crippen LogP contribution in [0.15, 0.2) is 24.3 Å². The van der Waals surface area contributed by atoms with Gasteiger partial charge in [0.05, 0.1) is 5.92 Å². The van der Waals surface area contributed by atoms with Crippen molar-refractivity contribution in [3.63, 3.8) is 0 Å². The molecule has 2 N–H and O–H groups in total. The van der Waals surface area contributed by atoms with Gasteiger partial charge in [-0.25, -0.2) is 0 Å². The second kappa shape index (κ2) is 4.87. The van der Waals surface area contributed by atoms with Gasteiger partial charge in [0, 0.05) is 17.8 Å². The number of hydrogen-bond donors (Lipinski definition) is 2. The van der Waals surface area contributed by atoms with Gasteiger partial charge in [-0.15, -0.1) is 0 Å². The Morgan fingerprint density at radius 2 is 2.21 bits per heavy atom. The Labute approximate surface area is 114 Å². The van der Waals surface area contributed by atoms with Crippen LogP contribution in [0.2, 0.25) is 0 Å². The first-order valence-electron chi connectivity index (χ1n) is 7.39. The molecule has 3 heteroatoms. The number of carbonyl (C=O) groups excluding carboxylic acids is 1. The Balaban J connectivity index is 1.78. The molecule has 1 aromatic carbocycles. The molecule has 2 aliphatic rings. The summed E-state index contributed by atoms with van der Waals surface area (Å²) in [6.07, 6.45) is 5.47. The van der Waals surface area contributed by atoms with E-state index in [0.29, 0.717) is 0 Å². The molecule has 0 spiro atoms. The minimum atomic E-state index is 0.0153. The number of hydrogen-bond acceptors (Lipinski definition) is 2. The first kappa shape index (κ1) is 12.5. The lowest BCUT2D eigenvalue weighted by atomic mass is 9.74. The SMILES string of the molecule is CCC1(NC(=O)C2CCNc3ccccc32)CCC1. The number of fused-ring (bicyclic) bond motifs is 1. The summed E-state index contributed by atoms with van der Waals surface area (Å²) >= 11 is 0. The molecule has 1 atom stereocenters. The Morgan fingerprint density at radius 1 is 1.42 bits per heavy atom. The van der Waals surface area contributed by atoms with Gasteiger partial charge >= 0.3 is 0 Å². The van der Waals surface area contributed by atoms with Crippen molar-refractivity contribution < 1.29 is 4.79 Å². The van der Waals surface area contributed by atoms with E-state index in [-0.39, 0.29) is 17.4 Å². The number of para-hydroxylation sites is 1. The molecular weight excluding hydrogens is 236 g/mol. The molecule has 1 aliphatic heterocycles. The van der Waals surface area contributed by atoms with Crippen molar-refractivity contribution in [2.75, 3.05) is 11.9 Å². The first-order valence-corrected chi connectivity index (χ1v) is 7.39. The zero-order valence-electron chi connectivity index (χ0n) is 11.5. The fourth-order valence-corrected chi connectivity index (χ4v) is 3.26. The van der Waals surface area contributed by atoms with E-state index in [2.05, 4.69) is 29.7 Å². The normalized spacial score (nSPS) is 23.7. The molecule has 1 aliphatic carbocycles. The summed E-state index contributed by atoms with van der Waals surface area (Å²) in [6.45, 7) is 3.06. The molecule has 0 bridgehead atoms. The zero-order chi connectivity index (χ0) is 13.3. The molecule has 1 heterocycles. The fourth-order valence-electron chi connectivity index (χ4n) is 3.26. The second-order valence-electron chi connectivity index (χ2n) is 5.83. The third-order valence-electron chi connectivity index (χ3n) is 4.78. The van der Waals surface area contributed by atoms with Crippen molar-refractivity contribution in [2.45, 2.75) is 50.5 Å². The number of nitrogens with one attached hydrogen (secondary N) is 2. The molecule has 1 saturated carbocycles. The molecule has 102 valence electrons. The lowest BCUT2D eigenvalue weighted by molar-refractivity contribution is -0.125. The van der Waals surface area contributed by atoms with Crippen molar-refractivity contribution in [1.29, 1.82) is 0 Å². The molecule has 1 aromatic rings. The topological polar surface area (TPSA) is 41.1 Å². The minimum Gasteiger partial charge on any atom is -0.385 e. The Kier molecular flexibility index (Phi) is 3.21. The smallest absolute Gasteiger partial charge is 0.228 e. The highest BCUT2D eigenvalue weighted by molar-refractivity contribution is 5.87. The summed E-state index contributed by atoms with van der Waals surface area (Å²) in [4.78, 5) is 12.6. The van der Waals surface area contributed by atoms with Gasteiger partial charge in [-0.1, -0.05) is 25.1 Å². The lowest BCUT2D eigenvalue weighted by Crippen LogP contribution is -2.54. The Bertz CT molecular complexity index is 474. The van der Waals surface area contributed by atoms with Crippen molar-refractivity contribution in [1.82, 2.24) is 5.32 Å². The molecule has 0 saturated heterocycles. The average molecular weight is 258 g/mol. The van der Waals surface area contributed by atoms with Gasteiger partial charge in [0.1, 0.15) is 0 Å². The number of carbonyl (C=O) groups is 1. The summed E-state index contributed by atoms with van der Waals surface area (Å²) in [5.74, 6) is 0.233. The van der Waals surface area contributed by atoms with Crippen molar-refractivity contribution in [3.05, 3.63) is 29.8 Å². The molecule has 0 radical (unpaired) electrons. The van der Waals surface area contributed by atoms with Crippen LogP contribution in [0.25, 0.3) is 0 Å². The van der Waals surface area contributed by atoms with Gasteiger partial charge in [-0.05, 0) is 43.7 Å². The maximum absolute atomic E-state index is 12.6. The van der Waals surface area contributed by atoms with Crippen LogP contribution in [-0.4, -0.2) is 18.0 Å². The summed E-state index contributed by atoms with van der Waals surface area (Å²) < 4.78 is 0. The van der Waals surface area contributed by atoms with Gasteiger partial charge in [0.15, 0.2) is 0 Å². The van der Waals surface area contributed by atoms with Crippen molar-refractivity contribution >= 4 is 11.6 Å². The summed E-state index contributed by atoms with van der Waals surface area (Å²) in [5.41, 5.74) is 2.36. The van der Waals surface area contributed by atoms with E-state index in [1.54, 1.807) is 0 Å². The van der Waals surface area contributed by atoms with E-state index in [1.165, 1.54) is 6.42 Å². The largest absolute Gasteiger partial charge is 0.385 e. The maximum atomic E-state index is 12.6. The van der Waals surface area contributed by atoms with Gasteiger partial charge < -0.3 is 10.6 Å². The monoisotopic (exact) mass is 258 g/mol. The summed E-state index contributed by atoms with van der Waals surface area (Å²) in [5, 5.41) is 6.70. The van der Waals surface area contributed by atoms with Gasteiger partial charge in [-0.2, -0.15) is 0 Å². The van der Waals surface area contributed by atoms with E-state index in [4.69, 9.17) is 0 Å². The highest BCUT2D eigenvalue weighted by Crippen LogP contribution is 2.37. The molecule has 3 nitrogen and oxygen atoms in total. The van der Waals surface area contributed by atoms with Crippen molar-refractivity contribution in [3.8, 4) is 0 Å². The van der Waals surface area contributed by atoms with E-state index in [1.807, 2.05) is 12.1 Å². The number of amides is 1. The van der Waals surface area contributed by atoms with Gasteiger partial charge in [0.2, 0.25) is 5.91 Å². The van der Waals surface area contributed by atoms with Gasteiger partial charge in [-0.3, -0.25) is 4.79 Å². The third kappa shape index (κ3) is 2.22. The molecule has 1 unspecified atom stereocenters. The highest BCUT2D eigenvalue weighted by Gasteiger charge is 2.38. The van der Waals surface area contributed by atoms with E-state index in [0.717, 1.165) is 43.5 Å². The molecule has 1 fully saturated rings. The van der Waals surface area contributed by atoms with E-state index < -0.39 is 0 Å². The molecular formula is C16H22N2O. The molecule has 3 rings (SSSR count). The number of anilines is 1. The maximum Gasteiger partial charge on any atom is 0.228 e. The second-order valence-corrected chi connectivity index (χ2v) is 5.83. The standard InChI is InChI=1S/C16H22N2O/c1-2-16(9-5-10-16)18-15(19)13-8-11-17-14-7-4-3-6-12(13)14/h3-4,6-7,13,17H,2,5,8-11H2,1H3,(H,18,19). The molecule has 19 heavy (non-hydrogen) atoms. The summed E-state index contributed by atoms with van der Waals surface area (Å²) in [7, 11) is 0. The minimum absolute atomic E-state index is 0.0153. The third-order valence-corrected chi connectivity index (χ3v) is 4.78. The summed E-state index contributed by atoms with van der Waals surface area (Å²) in [6, 6.07) is 8.18. The van der Waals surface area contributed by atoms with E-state index in [9.17, 15) is 4.79 Å². The van der Waals surface area contributed by atoms with Crippen LogP contribution in [0.5, 0.6) is 0 Å². The van der Waals surface area contributed by atoms with Gasteiger partial charge in [0.25, 0.3) is 0 Å². The first-order chi connectivity index (χ1) is 9.24. The molecule has 1 amide bonds. The number of rotatable bonds is 3. The predicted octanol–water partition coefficient (Wildman–Crippen LogP) is 3.03.